The first-order valence-electron chi connectivity index (χ1n) is 7.13. The maximum Gasteiger partial charge on any atom is 0.490 e. The normalized spacial score (nSPS) is 11.0. The molecule has 0 unspecified atom stereocenters. The molecule has 0 aliphatic rings. The van der Waals surface area contributed by atoms with Gasteiger partial charge in [-0.1, -0.05) is 19.9 Å². The van der Waals surface area contributed by atoms with Crippen LogP contribution in [0.4, 0.5) is 19.0 Å². The summed E-state index contributed by atoms with van der Waals surface area (Å²) in [6, 6.07) is 0. The topological polar surface area (TPSA) is 122 Å². The van der Waals surface area contributed by atoms with Crippen LogP contribution in [0.2, 0.25) is 0 Å². The third-order valence-electron chi connectivity index (χ3n) is 2.88. The van der Waals surface area contributed by atoms with Crippen LogP contribution in [0.5, 0.6) is 5.75 Å². The minimum atomic E-state index is -5.08. The zero-order valence-electron chi connectivity index (χ0n) is 14.4. The summed E-state index contributed by atoms with van der Waals surface area (Å²) in [6.45, 7) is 8.49. The molecular formula is C15H20F3N3O5. The number of aromatic carboxylic acids is 1. The number of halogens is 3. The van der Waals surface area contributed by atoms with Crippen molar-refractivity contribution in [1.29, 1.82) is 0 Å². The van der Waals surface area contributed by atoms with Crippen molar-refractivity contribution in [2.24, 2.45) is 5.41 Å². The summed E-state index contributed by atoms with van der Waals surface area (Å²) >= 11 is 0. The summed E-state index contributed by atoms with van der Waals surface area (Å²) in [4.78, 5) is 27.6. The Morgan fingerprint density at radius 1 is 1.31 bits per heavy atom. The second kappa shape index (κ2) is 9.59. The van der Waals surface area contributed by atoms with Gasteiger partial charge in [0.25, 0.3) is 0 Å². The van der Waals surface area contributed by atoms with Crippen molar-refractivity contribution in [2.75, 3.05) is 19.0 Å². The van der Waals surface area contributed by atoms with E-state index in [2.05, 4.69) is 35.7 Å². The monoisotopic (exact) mass is 379 g/mol. The third-order valence-corrected chi connectivity index (χ3v) is 2.88. The van der Waals surface area contributed by atoms with Crippen molar-refractivity contribution in [1.82, 2.24) is 9.97 Å². The number of hydrogen-bond donors (Lipinski definition) is 3. The predicted octanol–water partition coefficient (Wildman–Crippen LogP) is 2.83. The molecule has 0 spiro atoms. The standard InChI is InChI=1S/C13H19N3O3.C2HF3O2/c1-5-6-13(2,3)7-14-11-10(19-4)9(12(17)18)15-8-16-11;3-2(4,5)1(6)7/h5,8H,1,6-7H2,2-4H3,(H,17,18)(H,14,15,16);(H,6,7). The number of methoxy groups -OCH3 is 1. The van der Waals surface area contributed by atoms with Crippen molar-refractivity contribution in [3.05, 3.63) is 24.7 Å². The molecule has 0 aromatic carbocycles. The van der Waals surface area contributed by atoms with Crippen LogP contribution in [0.1, 0.15) is 30.8 Å². The highest BCUT2D eigenvalue weighted by Gasteiger charge is 2.38. The van der Waals surface area contributed by atoms with Crippen molar-refractivity contribution in [3.63, 3.8) is 0 Å². The molecule has 11 heteroatoms. The van der Waals surface area contributed by atoms with E-state index < -0.39 is 18.1 Å². The van der Waals surface area contributed by atoms with Crippen LogP contribution < -0.4 is 10.1 Å². The first-order chi connectivity index (χ1) is 11.9. The van der Waals surface area contributed by atoms with E-state index >= 15 is 0 Å². The number of nitrogens with one attached hydrogen (secondary N) is 1. The fourth-order valence-electron chi connectivity index (χ4n) is 1.63. The number of aliphatic carboxylic acids is 1. The predicted molar refractivity (Wildman–Crippen MR) is 86.3 cm³/mol. The van der Waals surface area contributed by atoms with Gasteiger partial charge in [0.2, 0.25) is 0 Å². The molecule has 0 bridgehead atoms. The fraction of sp³-hybridized carbons (Fsp3) is 0.467. The first-order valence-corrected chi connectivity index (χ1v) is 7.13. The number of alkyl halides is 3. The van der Waals surface area contributed by atoms with E-state index in [0.29, 0.717) is 12.4 Å². The Labute approximate surface area is 147 Å². The molecule has 0 saturated heterocycles. The fourth-order valence-corrected chi connectivity index (χ4v) is 1.63. The summed E-state index contributed by atoms with van der Waals surface area (Å²) in [6.07, 6.45) is -1.20. The average Bonchev–Trinajstić information content (AvgIpc) is 2.52. The van der Waals surface area contributed by atoms with E-state index in [0.717, 1.165) is 6.42 Å². The molecule has 1 rings (SSSR count). The quantitative estimate of drug-likeness (QED) is 0.618. The molecule has 146 valence electrons. The number of carboxylic acid groups (broad SMARTS) is 2. The Morgan fingerprint density at radius 3 is 2.23 bits per heavy atom. The van der Waals surface area contributed by atoms with Crippen LogP contribution in [-0.4, -0.2) is 52.0 Å². The molecule has 0 amide bonds. The highest BCUT2D eigenvalue weighted by atomic mass is 19.4. The molecule has 1 aromatic rings. The molecule has 0 aliphatic carbocycles. The van der Waals surface area contributed by atoms with E-state index in [1.165, 1.54) is 13.4 Å². The Morgan fingerprint density at radius 2 is 1.85 bits per heavy atom. The van der Waals surface area contributed by atoms with E-state index in [-0.39, 0.29) is 16.9 Å². The summed E-state index contributed by atoms with van der Waals surface area (Å²) in [5, 5.41) is 19.2. The number of ether oxygens (including phenoxy) is 1. The lowest BCUT2D eigenvalue weighted by atomic mass is 9.89. The number of nitrogens with zero attached hydrogens (tertiary/aromatic N) is 2. The van der Waals surface area contributed by atoms with Crippen molar-refractivity contribution >= 4 is 17.8 Å². The lowest BCUT2D eigenvalue weighted by Gasteiger charge is -2.24. The van der Waals surface area contributed by atoms with Gasteiger partial charge in [0, 0.05) is 6.54 Å². The molecule has 0 atom stereocenters. The zero-order chi connectivity index (χ0) is 20.5. The second-order valence-electron chi connectivity index (χ2n) is 5.72. The van der Waals surface area contributed by atoms with Gasteiger partial charge in [-0.25, -0.2) is 19.6 Å². The summed E-state index contributed by atoms with van der Waals surface area (Å²) in [5.41, 5.74) is -0.164. The van der Waals surface area contributed by atoms with Gasteiger partial charge < -0.3 is 20.3 Å². The number of hydrogen-bond acceptors (Lipinski definition) is 6. The number of carboxylic acids is 2. The molecule has 0 radical (unpaired) electrons. The average molecular weight is 379 g/mol. The van der Waals surface area contributed by atoms with Gasteiger partial charge in [0.1, 0.15) is 6.33 Å². The Bertz CT molecular complexity index is 648. The molecule has 1 aromatic heterocycles. The SMILES string of the molecule is C=CCC(C)(C)CNc1ncnc(C(=O)O)c1OC.O=C(O)C(F)(F)F. The third kappa shape index (κ3) is 7.81. The first kappa shape index (κ1) is 23.1. The van der Waals surface area contributed by atoms with Gasteiger partial charge in [-0.3, -0.25) is 0 Å². The zero-order valence-corrected chi connectivity index (χ0v) is 14.4. The number of carbonyl (C=O) groups is 2. The summed E-state index contributed by atoms with van der Waals surface area (Å²) in [5.74, 6) is -3.38. The van der Waals surface area contributed by atoms with Gasteiger partial charge >= 0.3 is 18.1 Å². The van der Waals surface area contributed by atoms with Gasteiger partial charge in [-0.05, 0) is 11.8 Å². The largest absolute Gasteiger partial charge is 0.491 e. The lowest BCUT2D eigenvalue weighted by molar-refractivity contribution is -0.192. The molecule has 26 heavy (non-hydrogen) atoms. The lowest BCUT2D eigenvalue weighted by Crippen LogP contribution is -2.23. The molecule has 0 aliphatic heterocycles. The Hall–Kier alpha value is -2.85. The van der Waals surface area contributed by atoms with Gasteiger partial charge in [0.15, 0.2) is 17.3 Å². The highest BCUT2D eigenvalue weighted by molar-refractivity contribution is 5.90. The van der Waals surface area contributed by atoms with Gasteiger partial charge in [-0.15, -0.1) is 6.58 Å². The number of allylic oxidation sites excluding steroid dienone is 1. The molecule has 3 N–H and O–H groups in total. The van der Waals surface area contributed by atoms with Gasteiger partial charge in [-0.2, -0.15) is 13.2 Å². The maximum absolute atomic E-state index is 11.0. The van der Waals surface area contributed by atoms with Crippen LogP contribution >= 0.6 is 0 Å². The van der Waals surface area contributed by atoms with E-state index in [9.17, 15) is 18.0 Å². The number of aromatic nitrogens is 2. The summed E-state index contributed by atoms with van der Waals surface area (Å²) < 4.78 is 36.8. The van der Waals surface area contributed by atoms with Crippen molar-refractivity contribution in [2.45, 2.75) is 26.4 Å². The molecule has 0 saturated carbocycles. The van der Waals surface area contributed by atoms with Gasteiger partial charge in [0.05, 0.1) is 7.11 Å². The van der Waals surface area contributed by atoms with Crippen molar-refractivity contribution in [3.8, 4) is 5.75 Å². The smallest absolute Gasteiger partial charge is 0.490 e. The molecular weight excluding hydrogens is 359 g/mol. The number of anilines is 1. The minimum absolute atomic E-state index is 0.0128. The summed E-state index contributed by atoms with van der Waals surface area (Å²) in [7, 11) is 1.39. The second-order valence-corrected chi connectivity index (χ2v) is 5.72. The Kier molecular flexibility index (Phi) is 8.54. The number of rotatable bonds is 7. The minimum Gasteiger partial charge on any atom is -0.491 e. The van der Waals surface area contributed by atoms with E-state index in [4.69, 9.17) is 19.7 Å². The van der Waals surface area contributed by atoms with Crippen LogP contribution in [0, 0.1) is 5.41 Å². The highest BCUT2D eigenvalue weighted by Crippen LogP contribution is 2.27. The van der Waals surface area contributed by atoms with Crippen LogP contribution in [0.15, 0.2) is 19.0 Å². The molecule has 1 heterocycles. The maximum atomic E-state index is 11.0. The van der Waals surface area contributed by atoms with Crippen molar-refractivity contribution < 1.29 is 37.7 Å². The molecule has 0 fully saturated rings. The Balaban J connectivity index is 0.000000758. The van der Waals surface area contributed by atoms with E-state index in [1.807, 2.05) is 6.08 Å². The van der Waals surface area contributed by atoms with E-state index in [1.54, 1.807) is 0 Å². The molecule has 8 nitrogen and oxygen atoms in total. The van der Waals surface area contributed by atoms with Crippen LogP contribution in [-0.2, 0) is 4.79 Å². The van der Waals surface area contributed by atoms with Crippen LogP contribution in [0.3, 0.4) is 0 Å². The van der Waals surface area contributed by atoms with Crippen LogP contribution in [0.25, 0.3) is 0 Å².